The minimum absolute atomic E-state index is 0.191. The van der Waals surface area contributed by atoms with E-state index in [0.717, 1.165) is 5.69 Å². The Hall–Kier alpha value is -1.27. The summed E-state index contributed by atoms with van der Waals surface area (Å²) in [5, 5.41) is 7.98. The molecule has 0 aliphatic carbocycles. The van der Waals surface area contributed by atoms with Crippen LogP contribution in [0.25, 0.3) is 5.69 Å². The minimum atomic E-state index is -0.334. The van der Waals surface area contributed by atoms with Crippen molar-refractivity contribution in [3.8, 4) is 5.69 Å². The van der Waals surface area contributed by atoms with E-state index in [1.807, 2.05) is 13.8 Å². The summed E-state index contributed by atoms with van der Waals surface area (Å²) in [6.07, 6.45) is 0. The largest absolute Gasteiger partial charge is 0.323 e. The number of benzene rings is 1. The van der Waals surface area contributed by atoms with Crippen LogP contribution in [-0.4, -0.2) is 15.0 Å². The zero-order valence-electron chi connectivity index (χ0n) is 9.48. The Morgan fingerprint density at radius 2 is 2.18 bits per heavy atom. The minimum Gasteiger partial charge on any atom is -0.323 e. The highest BCUT2D eigenvalue weighted by molar-refractivity contribution is 9.10. The van der Waals surface area contributed by atoms with Crippen molar-refractivity contribution in [1.82, 2.24) is 15.0 Å². The second-order valence-electron chi connectivity index (χ2n) is 3.86. The van der Waals surface area contributed by atoms with Gasteiger partial charge in [-0.25, -0.2) is 9.07 Å². The summed E-state index contributed by atoms with van der Waals surface area (Å²) in [4.78, 5) is 0. The molecule has 1 aromatic heterocycles. The summed E-state index contributed by atoms with van der Waals surface area (Å²) in [6, 6.07) is 4.61. The van der Waals surface area contributed by atoms with Gasteiger partial charge in [-0.05, 0) is 41.9 Å². The quantitative estimate of drug-likeness (QED) is 0.927. The Morgan fingerprint density at radius 3 is 2.71 bits per heavy atom. The van der Waals surface area contributed by atoms with Crippen molar-refractivity contribution < 1.29 is 4.39 Å². The van der Waals surface area contributed by atoms with Crippen LogP contribution < -0.4 is 5.73 Å². The first-order chi connectivity index (χ1) is 8.00. The topological polar surface area (TPSA) is 56.7 Å². The second-order valence-corrected chi connectivity index (χ2v) is 4.71. The lowest BCUT2D eigenvalue weighted by atomic mass is 10.2. The lowest BCUT2D eigenvalue weighted by Crippen LogP contribution is -2.08. The molecule has 6 heteroatoms. The predicted octanol–water partition coefficient (Wildman–Crippen LogP) is 2.50. The maximum Gasteiger partial charge on any atom is 0.139 e. The highest BCUT2D eigenvalue weighted by atomic mass is 79.9. The molecule has 4 nitrogen and oxygen atoms in total. The standard InChI is InChI=1S/C11H12BrFN4/c1-6(14)11-7(2)17(16-15-11)8-3-4-9(12)10(13)5-8/h3-6H,14H2,1-2H3. The third-order valence-corrected chi connectivity index (χ3v) is 3.15. The van der Waals surface area contributed by atoms with Gasteiger partial charge in [-0.15, -0.1) is 5.10 Å². The molecule has 1 heterocycles. The average molecular weight is 299 g/mol. The van der Waals surface area contributed by atoms with E-state index in [1.54, 1.807) is 16.8 Å². The van der Waals surface area contributed by atoms with Crippen molar-refractivity contribution in [1.29, 1.82) is 0 Å². The number of nitrogens with two attached hydrogens (primary N) is 1. The fourth-order valence-electron chi connectivity index (χ4n) is 1.62. The number of nitrogens with zero attached hydrogens (tertiary/aromatic N) is 3. The fourth-order valence-corrected chi connectivity index (χ4v) is 1.87. The van der Waals surface area contributed by atoms with Gasteiger partial charge in [0.25, 0.3) is 0 Å². The molecule has 0 fully saturated rings. The Labute approximate surface area is 107 Å². The highest BCUT2D eigenvalue weighted by Gasteiger charge is 2.13. The summed E-state index contributed by atoms with van der Waals surface area (Å²) in [5.74, 6) is -0.334. The van der Waals surface area contributed by atoms with E-state index in [0.29, 0.717) is 15.9 Å². The van der Waals surface area contributed by atoms with Crippen molar-refractivity contribution in [3.05, 3.63) is 39.9 Å². The zero-order valence-corrected chi connectivity index (χ0v) is 11.1. The Balaban J connectivity index is 2.50. The molecule has 2 aromatic rings. The van der Waals surface area contributed by atoms with E-state index in [1.165, 1.54) is 6.07 Å². The number of hydrogen-bond donors (Lipinski definition) is 1. The first-order valence-electron chi connectivity index (χ1n) is 5.14. The summed E-state index contributed by atoms with van der Waals surface area (Å²) >= 11 is 3.11. The van der Waals surface area contributed by atoms with Gasteiger partial charge in [0.15, 0.2) is 0 Å². The maximum absolute atomic E-state index is 13.4. The third kappa shape index (κ3) is 2.23. The average Bonchev–Trinajstić information content (AvgIpc) is 2.64. The number of rotatable bonds is 2. The van der Waals surface area contributed by atoms with E-state index in [-0.39, 0.29) is 11.9 Å². The van der Waals surface area contributed by atoms with Crippen LogP contribution in [0.15, 0.2) is 22.7 Å². The molecule has 2 N–H and O–H groups in total. The summed E-state index contributed by atoms with van der Waals surface area (Å²) in [6.45, 7) is 3.70. The number of halogens is 2. The lowest BCUT2D eigenvalue weighted by Gasteiger charge is -2.06. The highest BCUT2D eigenvalue weighted by Crippen LogP contribution is 2.21. The van der Waals surface area contributed by atoms with Gasteiger partial charge in [0.1, 0.15) is 11.5 Å². The fraction of sp³-hybridized carbons (Fsp3) is 0.273. The number of hydrogen-bond acceptors (Lipinski definition) is 3. The van der Waals surface area contributed by atoms with E-state index < -0.39 is 0 Å². The van der Waals surface area contributed by atoms with E-state index in [2.05, 4.69) is 26.2 Å². The molecule has 0 radical (unpaired) electrons. The SMILES string of the molecule is Cc1c(C(C)N)nnn1-c1ccc(Br)c(F)c1. The van der Waals surface area contributed by atoms with Gasteiger partial charge in [0.05, 0.1) is 15.9 Å². The van der Waals surface area contributed by atoms with E-state index >= 15 is 0 Å². The van der Waals surface area contributed by atoms with Crippen molar-refractivity contribution in [2.24, 2.45) is 5.73 Å². The van der Waals surface area contributed by atoms with Gasteiger partial charge < -0.3 is 5.73 Å². The lowest BCUT2D eigenvalue weighted by molar-refractivity contribution is 0.617. The molecule has 1 atom stereocenters. The summed E-state index contributed by atoms with van der Waals surface area (Å²) < 4.78 is 15.4. The zero-order chi connectivity index (χ0) is 12.6. The van der Waals surface area contributed by atoms with Gasteiger partial charge in [0.2, 0.25) is 0 Å². The van der Waals surface area contributed by atoms with Crippen LogP contribution in [0.5, 0.6) is 0 Å². The van der Waals surface area contributed by atoms with Gasteiger partial charge >= 0.3 is 0 Å². The molecule has 17 heavy (non-hydrogen) atoms. The van der Waals surface area contributed by atoms with Crippen LogP contribution in [0, 0.1) is 12.7 Å². The predicted molar refractivity (Wildman–Crippen MR) is 66.4 cm³/mol. The molecular formula is C11H12BrFN4. The van der Waals surface area contributed by atoms with Crippen LogP contribution in [0.1, 0.15) is 24.4 Å². The molecule has 0 aliphatic rings. The van der Waals surface area contributed by atoms with Crippen LogP contribution in [-0.2, 0) is 0 Å². The van der Waals surface area contributed by atoms with Gasteiger partial charge in [-0.1, -0.05) is 5.21 Å². The molecule has 90 valence electrons. The molecule has 0 saturated carbocycles. The molecule has 0 saturated heterocycles. The first kappa shape index (κ1) is 12.2. The van der Waals surface area contributed by atoms with Gasteiger partial charge in [0, 0.05) is 12.1 Å². The molecule has 2 rings (SSSR count). The Morgan fingerprint density at radius 1 is 1.47 bits per heavy atom. The molecular weight excluding hydrogens is 287 g/mol. The van der Waals surface area contributed by atoms with Crippen LogP contribution >= 0.6 is 15.9 Å². The molecule has 1 unspecified atom stereocenters. The van der Waals surface area contributed by atoms with E-state index in [4.69, 9.17) is 5.73 Å². The van der Waals surface area contributed by atoms with Crippen molar-refractivity contribution in [3.63, 3.8) is 0 Å². The molecule has 0 spiro atoms. The summed E-state index contributed by atoms with van der Waals surface area (Å²) in [7, 11) is 0. The van der Waals surface area contributed by atoms with Gasteiger partial charge in [-0.2, -0.15) is 0 Å². The summed E-state index contributed by atoms with van der Waals surface area (Å²) in [5.41, 5.74) is 7.93. The van der Waals surface area contributed by atoms with Crippen molar-refractivity contribution in [2.75, 3.05) is 0 Å². The third-order valence-electron chi connectivity index (χ3n) is 2.51. The molecule has 0 aliphatic heterocycles. The Bertz CT molecular complexity index is 550. The van der Waals surface area contributed by atoms with Crippen LogP contribution in [0.4, 0.5) is 4.39 Å². The van der Waals surface area contributed by atoms with Crippen molar-refractivity contribution in [2.45, 2.75) is 19.9 Å². The first-order valence-corrected chi connectivity index (χ1v) is 5.93. The second kappa shape index (κ2) is 4.54. The van der Waals surface area contributed by atoms with Gasteiger partial charge in [-0.3, -0.25) is 0 Å². The van der Waals surface area contributed by atoms with Crippen molar-refractivity contribution >= 4 is 15.9 Å². The Kier molecular flexibility index (Phi) is 3.26. The monoisotopic (exact) mass is 298 g/mol. The van der Waals surface area contributed by atoms with Crippen LogP contribution in [0.3, 0.4) is 0 Å². The smallest absolute Gasteiger partial charge is 0.139 e. The normalized spacial score (nSPS) is 12.8. The van der Waals surface area contributed by atoms with E-state index in [9.17, 15) is 4.39 Å². The maximum atomic E-state index is 13.4. The molecule has 1 aromatic carbocycles. The molecule has 0 amide bonds. The van der Waals surface area contributed by atoms with Crippen LogP contribution in [0.2, 0.25) is 0 Å². The number of aromatic nitrogens is 3. The molecule has 0 bridgehead atoms.